The Hall–Kier alpha value is -2.12. The van der Waals surface area contributed by atoms with Crippen molar-refractivity contribution in [2.24, 2.45) is 0 Å². The Morgan fingerprint density at radius 1 is 0.583 bits per heavy atom. The van der Waals surface area contributed by atoms with Crippen LogP contribution in [0.1, 0.15) is 13.8 Å². The Balaban J connectivity index is 7.44. The Morgan fingerprint density at radius 2 is 0.917 bits per heavy atom. The second-order valence-corrected chi connectivity index (χ2v) is 6.71. The molecule has 21 heteroatoms. The average Bonchev–Trinajstić information content (AvgIpc) is 2.63. The lowest BCUT2D eigenvalue weighted by Crippen LogP contribution is -2.77. The van der Waals surface area contributed by atoms with Crippen LogP contribution >= 0.6 is 0 Å². The zero-order chi connectivity index (χ0) is 29.8. The first-order chi connectivity index (χ1) is 15.4. The Kier molecular flexibility index (Phi) is 8.49. The van der Waals surface area contributed by atoms with Gasteiger partial charge in [-0.2, -0.15) is 74.6 Å². The van der Waals surface area contributed by atoms with Crippen molar-refractivity contribution in [3.8, 4) is 0 Å². The van der Waals surface area contributed by atoms with Gasteiger partial charge in [-0.15, -0.1) is 0 Å². The van der Waals surface area contributed by atoms with Crippen LogP contribution < -0.4 is 0 Å². The van der Waals surface area contributed by atoms with Crippen LogP contribution in [-0.4, -0.2) is 66.1 Å². The first-order valence-electron chi connectivity index (χ1n) is 8.32. The highest BCUT2D eigenvalue weighted by Gasteiger charge is 2.97. The summed E-state index contributed by atoms with van der Waals surface area (Å²) < 4.78 is 255. The SMILES string of the molecule is CCOC(=O)C(C)=CC(F)(C(F)(F)F)C(F)(F)C(F)(F)C(F)(F)C(F)(F)C(F)(C(F)(F)F)C(F)(F)F. The van der Waals surface area contributed by atoms with Crippen molar-refractivity contribution in [3.63, 3.8) is 0 Å². The molecule has 0 radical (unpaired) electrons. The topological polar surface area (TPSA) is 26.3 Å². The number of hydrogen-bond acceptors (Lipinski definition) is 2. The molecular weight excluding hydrogens is 573 g/mol. The molecule has 0 aliphatic carbocycles. The quantitative estimate of drug-likeness (QED) is 0.173. The maximum absolute atomic E-state index is 14.4. The van der Waals surface area contributed by atoms with Gasteiger partial charge in [0.05, 0.1) is 6.61 Å². The van der Waals surface area contributed by atoms with Crippen LogP contribution in [0.4, 0.5) is 83.4 Å². The lowest BCUT2D eigenvalue weighted by atomic mass is 9.81. The third kappa shape index (κ3) is 4.53. The zero-order valence-corrected chi connectivity index (χ0v) is 16.8. The van der Waals surface area contributed by atoms with Gasteiger partial charge in [0.15, 0.2) is 0 Å². The first-order valence-corrected chi connectivity index (χ1v) is 8.32. The van der Waals surface area contributed by atoms with Gasteiger partial charge in [-0.3, -0.25) is 0 Å². The smallest absolute Gasteiger partial charge is 0.438 e. The fourth-order valence-electron chi connectivity index (χ4n) is 2.31. The molecule has 1 atom stereocenters. The van der Waals surface area contributed by atoms with Gasteiger partial charge in [-0.05, 0) is 19.9 Å². The summed E-state index contributed by atoms with van der Waals surface area (Å²) in [4.78, 5) is 11.2. The number of esters is 1. The van der Waals surface area contributed by atoms with Crippen LogP contribution in [0.25, 0.3) is 0 Å². The van der Waals surface area contributed by atoms with E-state index in [-0.39, 0.29) is 6.92 Å². The van der Waals surface area contributed by atoms with Crippen LogP contribution in [0.2, 0.25) is 0 Å². The lowest BCUT2D eigenvalue weighted by molar-refractivity contribution is -0.466. The Bertz CT molecular complexity index is 832. The molecule has 36 heavy (non-hydrogen) atoms. The molecule has 0 fully saturated rings. The van der Waals surface area contributed by atoms with E-state index in [4.69, 9.17) is 0 Å². The predicted molar refractivity (Wildman–Crippen MR) is 76.0 cm³/mol. The van der Waals surface area contributed by atoms with Gasteiger partial charge in [0.1, 0.15) is 0 Å². The third-order valence-corrected chi connectivity index (χ3v) is 4.28. The Morgan fingerprint density at radius 3 is 1.19 bits per heavy atom. The summed E-state index contributed by atoms with van der Waals surface area (Å²) >= 11 is 0. The average molecular weight is 582 g/mol. The molecule has 0 aliphatic heterocycles. The van der Waals surface area contributed by atoms with Crippen LogP contribution in [-0.2, 0) is 9.53 Å². The largest absolute Gasteiger partial charge is 0.463 e. The number of carbonyl (C=O) groups is 1. The molecule has 2 nitrogen and oxygen atoms in total. The normalized spacial score (nSPS) is 17.6. The van der Waals surface area contributed by atoms with Crippen molar-refractivity contribution < 1.29 is 92.9 Å². The monoisotopic (exact) mass is 582 g/mol. The molecular formula is C15H9F19O2. The second kappa shape index (κ2) is 9.02. The molecule has 0 saturated carbocycles. The van der Waals surface area contributed by atoms with E-state index in [1.54, 1.807) is 0 Å². The molecule has 0 aliphatic rings. The van der Waals surface area contributed by atoms with Crippen LogP contribution in [0, 0.1) is 0 Å². The number of halogens is 19. The van der Waals surface area contributed by atoms with E-state index in [0.717, 1.165) is 6.92 Å². The summed E-state index contributed by atoms with van der Waals surface area (Å²) in [6.45, 7) is -0.0356. The van der Waals surface area contributed by atoms with Crippen LogP contribution in [0.15, 0.2) is 11.6 Å². The molecule has 0 saturated heterocycles. The van der Waals surface area contributed by atoms with Crippen LogP contribution in [0.3, 0.4) is 0 Å². The van der Waals surface area contributed by atoms with Gasteiger partial charge < -0.3 is 4.74 Å². The second-order valence-electron chi connectivity index (χ2n) is 6.71. The first kappa shape index (κ1) is 33.9. The molecule has 0 spiro atoms. The summed E-state index contributed by atoms with van der Waals surface area (Å²) in [5, 5.41) is 0. The van der Waals surface area contributed by atoms with Crippen LogP contribution in [0.5, 0.6) is 0 Å². The maximum Gasteiger partial charge on any atom is 0.438 e. The highest BCUT2D eigenvalue weighted by Crippen LogP contribution is 2.66. The number of hydrogen-bond donors (Lipinski definition) is 0. The van der Waals surface area contributed by atoms with E-state index in [1.165, 1.54) is 0 Å². The molecule has 0 heterocycles. The van der Waals surface area contributed by atoms with Gasteiger partial charge in [0.25, 0.3) is 5.67 Å². The number of carbonyl (C=O) groups excluding carboxylic acids is 1. The number of alkyl halides is 19. The maximum atomic E-state index is 14.4. The fourth-order valence-corrected chi connectivity index (χ4v) is 2.31. The third-order valence-electron chi connectivity index (χ3n) is 4.28. The summed E-state index contributed by atoms with van der Waals surface area (Å²) in [5.41, 5.74) is -18.2. The van der Waals surface area contributed by atoms with E-state index in [2.05, 4.69) is 4.74 Å². The van der Waals surface area contributed by atoms with E-state index in [9.17, 15) is 88.2 Å². The van der Waals surface area contributed by atoms with E-state index >= 15 is 0 Å². The predicted octanol–water partition coefficient (Wildman–Crippen LogP) is 7.14. The molecule has 214 valence electrons. The van der Waals surface area contributed by atoms with Crippen molar-refractivity contribution in [1.29, 1.82) is 0 Å². The zero-order valence-electron chi connectivity index (χ0n) is 16.8. The molecule has 0 N–H and O–H groups in total. The van der Waals surface area contributed by atoms with E-state index in [1.807, 2.05) is 0 Å². The van der Waals surface area contributed by atoms with Crippen molar-refractivity contribution >= 4 is 5.97 Å². The minimum atomic E-state index is -9.05. The summed E-state index contributed by atoms with van der Waals surface area (Å²) in [6.07, 6.45) is -26.1. The molecule has 1 unspecified atom stereocenters. The number of allylic oxidation sites excluding steroid dienone is 1. The molecule has 0 aromatic heterocycles. The van der Waals surface area contributed by atoms with Gasteiger partial charge >= 0.3 is 53.9 Å². The van der Waals surface area contributed by atoms with Gasteiger partial charge in [-0.25, -0.2) is 13.6 Å². The van der Waals surface area contributed by atoms with Crippen molar-refractivity contribution in [2.45, 2.75) is 67.4 Å². The van der Waals surface area contributed by atoms with Crippen molar-refractivity contribution in [3.05, 3.63) is 11.6 Å². The highest BCUT2D eigenvalue weighted by molar-refractivity contribution is 5.88. The molecule has 0 aromatic rings. The van der Waals surface area contributed by atoms with E-state index in [0.29, 0.717) is 0 Å². The minimum absolute atomic E-state index is 0.0983. The standard InChI is InChI=1S/C15H9F19O2/c1-3-36-6(35)5(2)4-7(16,13(26,27)28)9(18,19)11(22,23)12(24,25)10(20,21)8(17,14(29,30)31)15(32,33)34/h4H,3H2,1-2H3. The lowest BCUT2D eigenvalue weighted by Gasteiger charge is -2.45. The summed E-state index contributed by atoms with van der Waals surface area (Å²) in [6, 6.07) is 0. The van der Waals surface area contributed by atoms with Gasteiger partial charge in [-0.1, -0.05) is 0 Å². The fraction of sp³-hybridized carbons (Fsp3) is 0.800. The Labute approximate surface area is 186 Å². The highest BCUT2D eigenvalue weighted by atomic mass is 19.4. The molecule has 0 bridgehead atoms. The number of ether oxygens (including phenoxy) is 1. The van der Waals surface area contributed by atoms with Crippen molar-refractivity contribution in [1.82, 2.24) is 0 Å². The van der Waals surface area contributed by atoms with Gasteiger partial charge in [0, 0.05) is 5.57 Å². The molecule has 0 amide bonds. The van der Waals surface area contributed by atoms with Gasteiger partial charge in [0.2, 0.25) is 0 Å². The van der Waals surface area contributed by atoms with E-state index < -0.39 is 77.8 Å². The summed E-state index contributed by atoms with van der Waals surface area (Å²) in [7, 11) is 0. The minimum Gasteiger partial charge on any atom is -0.463 e. The molecule has 0 rings (SSSR count). The number of rotatable bonds is 8. The van der Waals surface area contributed by atoms with Crippen molar-refractivity contribution in [2.75, 3.05) is 6.61 Å². The molecule has 0 aromatic carbocycles. The summed E-state index contributed by atoms with van der Waals surface area (Å²) in [5.74, 6) is -37.6.